The number of benzene rings is 1. The van der Waals surface area contributed by atoms with Crippen LogP contribution in [0.15, 0.2) is 29.6 Å². The van der Waals surface area contributed by atoms with Gasteiger partial charge in [-0.25, -0.2) is 0 Å². The van der Waals surface area contributed by atoms with Crippen molar-refractivity contribution in [3.63, 3.8) is 0 Å². The molecule has 2 heterocycles. The summed E-state index contributed by atoms with van der Waals surface area (Å²) < 4.78 is 5.35. The van der Waals surface area contributed by atoms with Crippen molar-refractivity contribution in [1.29, 1.82) is 0 Å². The van der Waals surface area contributed by atoms with Crippen LogP contribution in [0.25, 0.3) is 0 Å². The maximum Gasteiger partial charge on any atom is 0.262 e. The Kier molecular flexibility index (Phi) is 4.22. The van der Waals surface area contributed by atoms with Crippen molar-refractivity contribution in [3.8, 4) is 5.75 Å². The van der Waals surface area contributed by atoms with Crippen molar-refractivity contribution < 1.29 is 9.53 Å². The number of amides is 1. The SMILES string of the molecule is CCc1ccsc1CNCc1ccc2c(c1)NC(=O)CO2. The number of carbonyl (C=O) groups is 1. The molecule has 3 rings (SSSR count). The second-order valence-electron chi connectivity index (χ2n) is 4.99. The van der Waals surface area contributed by atoms with E-state index in [1.165, 1.54) is 10.4 Å². The van der Waals surface area contributed by atoms with Crippen LogP contribution in [0.2, 0.25) is 0 Å². The molecule has 1 aromatic carbocycles. The minimum atomic E-state index is -0.0983. The molecule has 1 aromatic heterocycles. The van der Waals surface area contributed by atoms with Crippen LogP contribution in [0.5, 0.6) is 5.75 Å². The molecule has 0 fully saturated rings. The molecular formula is C16H18N2O2S. The second-order valence-corrected chi connectivity index (χ2v) is 5.99. The lowest BCUT2D eigenvalue weighted by Gasteiger charge is -2.18. The van der Waals surface area contributed by atoms with Gasteiger partial charge in [0.05, 0.1) is 5.69 Å². The number of nitrogens with one attached hydrogen (secondary N) is 2. The Labute approximate surface area is 128 Å². The van der Waals surface area contributed by atoms with Gasteiger partial charge in [-0.05, 0) is 41.1 Å². The molecule has 1 aliphatic rings. The number of thiophene rings is 1. The van der Waals surface area contributed by atoms with E-state index in [0.717, 1.165) is 36.5 Å². The van der Waals surface area contributed by atoms with Crippen molar-refractivity contribution in [2.24, 2.45) is 0 Å². The predicted molar refractivity (Wildman–Crippen MR) is 84.8 cm³/mol. The molecule has 0 radical (unpaired) electrons. The van der Waals surface area contributed by atoms with Gasteiger partial charge in [0.25, 0.3) is 5.91 Å². The highest BCUT2D eigenvalue weighted by atomic mass is 32.1. The molecule has 0 unspecified atom stereocenters. The second kappa shape index (κ2) is 6.28. The first-order chi connectivity index (χ1) is 10.3. The van der Waals surface area contributed by atoms with Crippen LogP contribution in [0, 0.1) is 0 Å². The van der Waals surface area contributed by atoms with Crippen LogP contribution in [-0.4, -0.2) is 12.5 Å². The molecule has 0 atom stereocenters. The summed E-state index contributed by atoms with van der Waals surface area (Å²) in [6.07, 6.45) is 1.07. The Morgan fingerprint density at radius 3 is 3.10 bits per heavy atom. The van der Waals surface area contributed by atoms with Crippen LogP contribution >= 0.6 is 11.3 Å². The van der Waals surface area contributed by atoms with Crippen molar-refractivity contribution in [2.45, 2.75) is 26.4 Å². The van der Waals surface area contributed by atoms with Crippen molar-refractivity contribution in [2.75, 3.05) is 11.9 Å². The van der Waals surface area contributed by atoms with Crippen molar-refractivity contribution >= 4 is 22.9 Å². The van der Waals surface area contributed by atoms with E-state index in [-0.39, 0.29) is 12.5 Å². The molecule has 21 heavy (non-hydrogen) atoms. The van der Waals surface area contributed by atoms with Crippen LogP contribution in [-0.2, 0) is 24.3 Å². The molecule has 0 spiro atoms. The molecule has 0 bridgehead atoms. The summed E-state index contributed by atoms with van der Waals surface area (Å²) in [6.45, 7) is 3.92. The summed E-state index contributed by atoms with van der Waals surface area (Å²) >= 11 is 1.79. The average molecular weight is 302 g/mol. The molecule has 5 heteroatoms. The summed E-state index contributed by atoms with van der Waals surface area (Å²) in [5.74, 6) is 0.642. The van der Waals surface area contributed by atoms with E-state index < -0.39 is 0 Å². The number of aryl methyl sites for hydroxylation is 1. The number of anilines is 1. The lowest BCUT2D eigenvalue weighted by Crippen LogP contribution is -2.25. The number of hydrogen-bond acceptors (Lipinski definition) is 4. The van der Waals surface area contributed by atoms with Crippen LogP contribution in [0.3, 0.4) is 0 Å². The molecule has 1 amide bonds. The molecule has 1 aliphatic heterocycles. The number of hydrogen-bond donors (Lipinski definition) is 2. The maximum absolute atomic E-state index is 11.3. The zero-order chi connectivity index (χ0) is 14.7. The molecule has 4 nitrogen and oxygen atoms in total. The lowest BCUT2D eigenvalue weighted by molar-refractivity contribution is -0.118. The van der Waals surface area contributed by atoms with Crippen molar-refractivity contribution in [3.05, 3.63) is 45.6 Å². The van der Waals surface area contributed by atoms with E-state index >= 15 is 0 Å². The van der Waals surface area contributed by atoms with E-state index in [1.807, 2.05) is 18.2 Å². The van der Waals surface area contributed by atoms with Gasteiger partial charge in [-0.3, -0.25) is 4.79 Å². The first-order valence-electron chi connectivity index (χ1n) is 7.08. The summed E-state index contributed by atoms with van der Waals surface area (Å²) in [5.41, 5.74) is 3.31. The van der Waals surface area contributed by atoms with Crippen LogP contribution < -0.4 is 15.4 Å². The highest BCUT2D eigenvalue weighted by molar-refractivity contribution is 7.10. The highest BCUT2D eigenvalue weighted by Gasteiger charge is 2.15. The topological polar surface area (TPSA) is 50.4 Å². The number of carbonyl (C=O) groups excluding carboxylic acids is 1. The zero-order valence-electron chi connectivity index (χ0n) is 11.9. The first-order valence-corrected chi connectivity index (χ1v) is 7.95. The largest absolute Gasteiger partial charge is 0.482 e. The van der Waals surface area contributed by atoms with Gasteiger partial charge < -0.3 is 15.4 Å². The Morgan fingerprint density at radius 2 is 2.24 bits per heavy atom. The van der Waals surface area contributed by atoms with Gasteiger partial charge in [0.15, 0.2) is 6.61 Å². The maximum atomic E-state index is 11.3. The van der Waals surface area contributed by atoms with Crippen molar-refractivity contribution in [1.82, 2.24) is 5.32 Å². The van der Waals surface area contributed by atoms with Gasteiger partial charge in [-0.2, -0.15) is 0 Å². The smallest absolute Gasteiger partial charge is 0.262 e. The third-order valence-electron chi connectivity index (χ3n) is 3.51. The van der Waals surface area contributed by atoms with Crippen LogP contribution in [0.1, 0.15) is 22.9 Å². The number of ether oxygens (including phenoxy) is 1. The fourth-order valence-corrected chi connectivity index (χ4v) is 3.34. The molecule has 110 valence electrons. The molecule has 2 N–H and O–H groups in total. The lowest BCUT2D eigenvalue weighted by atomic mass is 10.1. The predicted octanol–water partition coefficient (Wildman–Crippen LogP) is 2.93. The molecule has 0 saturated heterocycles. The Hall–Kier alpha value is -1.85. The third-order valence-corrected chi connectivity index (χ3v) is 4.47. The average Bonchev–Trinajstić information content (AvgIpc) is 2.94. The molecule has 0 aliphatic carbocycles. The van der Waals surface area contributed by atoms with Gasteiger partial charge in [0.2, 0.25) is 0 Å². The Bertz CT molecular complexity index is 651. The van der Waals surface area contributed by atoms with Gasteiger partial charge in [0.1, 0.15) is 5.75 Å². The fraction of sp³-hybridized carbons (Fsp3) is 0.312. The Morgan fingerprint density at radius 1 is 1.33 bits per heavy atom. The normalized spacial score (nSPS) is 13.5. The van der Waals surface area contributed by atoms with Gasteiger partial charge in [-0.1, -0.05) is 13.0 Å². The summed E-state index contributed by atoms with van der Waals surface area (Å²) in [4.78, 5) is 12.7. The molecular weight excluding hydrogens is 284 g/mol. The summed E-state index contributed by atoms with van der Waals surface area (Å²) in [6, 6.07) is 8.09. The van der Waals surface area contributed by atoms with Gasteiger partial charge in [-0.15, -0.1) is 11.3 Å². The summed E-state index contributed by atoms with van der Waals surface area (Å²) in [5, 5.41) is 8.43. The zero-order valence-corrected chi connectivity index (χ0v) is 12.8. The number of rotatable bonds is 5. The van der Waals surface area contributed by atoms with Gasteiger partial charge in [0, 0.05) is 18.0 Å². The highest BCUT2D eigenvalue weighted by Crippen LogP contribution is 2.28. The Balaban J connectivity index is 1.61. The first kappa shape index (κ1) is 14.1. The van der Waals surface area contributed by atoms with E-state index in [4.69, 9.17) is 4.74 Å². The standard InChI is InChI=1S/C16H18N2O2S/c1-2-12-5-6-21-15(12)9-17-8-11-3-4-14-13(7-11)18-16(19)10-20-14/h3-7,17H,2,8-10H2,1H3,(H,18,19). The minimum Gasteiger partial charge on any atom is -0.482 e. The fourth-order valence-electron chi connectivity index (χ4n) is 2.40. The molecule has 2 aromatic rings. The monoisotopic (exact) mass is 302 g/mol. The van der Waals surface area contributed by atoms with E-state index in [1.54, 1.807) is 11.3 Å². The quantitative estimate of drug-likeness (QED) is 0.893. The van der Waals surface area contributed by atoms with E-state index in [9.17, 15) is 4.79 Å². The van der Waals surface area contributed by atoms with E-state index in [0.29, 0.717) is 0 Å². The van der Waals surface area contributed by atoms with E-state index in [2.05, 4.69) is 29.0 Å². The minimum absolute atomic E-state index is 0.0983. The summed E-state index contributed by atoms with van der Waals surface area (Å²) in [7, 11) is 0. The van der Waals surface area contributed by atoms with Crippen LogP contribution in [0.4, 0.5) is 5.69 Å². The molecule has 0 saturated carbocycles. The number of fused-ring (bicyclic) bond motifs is 1. The third kappa shape index (κ3) is 3.25. The van der Waals surface area contributed by atoms with Gasteiger partial charge >= 0.3 is 0 Å².